The molecule has 4 rings (SSSR count). The Bertz CT molecular complexity index is 906. The van der Waals surface area contributed by atoms with Crippen LogP contribution in [0.4, 0.5) is 5.82 Å². The van der Waals surface area contributed by atoms with Gasteiger partial charge < -0.3 is 15.3 Å². The van der Waals surface area contributed by atoms with E-state index in [-0.39, 0.29) is 5.91 Å². The summed E-state index contributed by atoms with van der Waals surface area (Å²) in [5.41, 5.74) is 1.44. The van der Waals surface area contributed by atoms with Crippen molar-refractivity contribution < 1.29 is 9.90 Å². The molecule has 2 aromatic rings. The number of hydrogen-bond acceptors (Lipinski definition) is 4. The summed E-state index contributed by atoms with van der Waals surface area (Å²) in [4.78, 5) is 19.2. The maximum absolute atomic E-state index is 12.2. The zero-order valence-electron chi connectivity index (χ0n) is 19.8. The standard InChI is InChI=1S/C27H37N3O2/c1-19(21-10-11-24(28-15-21)29-25(31)26(2,3)4)16-30-17-22-13-27(32,14-23(22)18-30)12-20-8-6-5-7-9-20/h5-11,15,19,22-23,32H,12-14,16-18H2,1-4H3,(H,28,29,31)/t19?,22-,23?,27-/m1/s1. The van der Waals surface area contributed by atoms with Gasteiger partial charge in [0, 0.05) is 37.7 Å². The molecule has 1 saturated heterocycles. The monoisotopic (exact) mass is 435 g/mol. The number of aliphatic hydroxyl groups is 1. The Labute approximate surface area is 192 Å². The van der Waals surface area contributed by atoms with Gasteiger partial charge in [-0.2, -0.15) is 0 Å². The average Bonchev–Trinajstić information content (AvgIpc) is 3.22. The molecule has 0 spiro atoms. The number of carbonyl (C=O) groups excluding carboxylic acids is 1. The largest absolute Gasteiger partial charge is 0.390 e. The topological polar surface area (TPSA) is 65.5 Å². The average molecular weight is 436 g/mol. The van der Waals surface area contributed by atoms with Gasteiger partial charge in [-0.3, -0.25) is 4.79 Å². The molecule has 2 unspecified atom stereocenters. The molecule has 1 amide bonds. The minimum atomic E-state index is -0.550. The van der Waals surface area contributed by atoms with Crippen molar-refractivity contribution in [2.75, 3.05) is 25.0 Å². The van der Waals surface area contributed by atoms with Crippen molar-refractivity contribution in [3.63, 3.8) is 0 Å². The summed E-state index contributed by atoms with van der Waals surface area (Å²) in [6.45, 7) is 11.1. The quantitative estimate of drug-likeness (QED) is 0.702. The van der Waals surface area contributed by atoms with Crippen LogP contribution in [0.5, 0.6) is 0 Å². The third kappa shape index (κ3) is 5.38. The van der Waals surface area contributed by atoms with Crippen molar-refractivity contribution >= 4 is 11.7 Å². The molecule has 1 aliphatic carbocycles. The zero-order valence-corrected chi connectivity index (χ0v) is 19.8. The minimum Gasteiger partial charge on any atom is -0.390 e. The highest BCUT2D eigenvalue weighted by molar-refractivity contribution is 5.93. The number of fused-ring (bicyclic) bond motifs is 1. The first-order valence-corrected chi connectivity index (χ1v) is 11.9. The Morgan fingerprint density at radius 3 is 2.38 bits per heavy atom. The lowest BCUT2D eigenvalue weighted by Gasteiger charge is -2.27. The smallest absolute Gasteiger partial charge is 0.230 e. The number of anilines is 1. The van der Waals surface area contributed by atoms with E-state index in [0.29, 0.717) is 23.6 Å². The lowest BCUT2D eigenvalue weighted by molar-refractivity contribution is -0.123. The van der Waals surface area contributed by atoms with Gasteiger partial charge in [0.05, 0.1) is 5.60 Å². The number of aromatic nitrogens is 1. The van der Waals surface area contributed by atoms with E-state index >= 15 is 0 Å². The summed E-state index contributed by atoms with van der Waals surface area (Å²) in [5.74, 6) is 2.13. The molecule has 2 N–H and O–H groups in total. The molecule has 1 aliphatic heterocycles. The van der Waals surface area contributed by atoms with Crippen LogP contribution < -0.4 is 5.32 Å². The van der Waals surface area contributed by atoms with Crippen molar-refractivity contribution in [3.8, 4) is 0 Å². The first kappa shape index (κ1) is 22.9. The second-order valence-electron chi connectivity index (χ2n) is 11.1. The molecule has 2 heterocycles. The van der Waals surface area contributed by atoms with Crippen LogP contribution >= 0.6 is 0 Å². The number of nitrogens with one attached hydrogen (secondary N) is 1. The van der Waals surface area contributed by atoms with Crippen molar-refractivity contribution in [3.05, 3.63) is 59.8 Å². The Hall–Kier alpha value is -2.24. The predicted molar refractivity (Wildman–Crippen MR) is 128 cm³/mol. The molecule has 1 saturated carbocycles. The number of rotatable bonds is 6. The molecular weight excluding hydrogens is 398 g/mol. The maximum atomic E-state index is 12.2. The van der Waals surface area contributed by atoms with E-state index < -0.39 is 11.0 Å². The van der Waals surface area contributed by atoms with Crippen LogP contribution in [0.15, 0.2) is 48.7 Å². The highest BCUT2D eigenvalue weighted by Crippen LogP contribution is 2.45. The first-order chi connectivity index (χ1) is 15.1. The van der Waals surface area contributed by atoms with E-state index in [4.69, 9.17) is 0 Å². The number of carbonyl (C=O) groups is 1. The van der Waals surface area contributed by atoms with E-state index in [9.17, 15) is 9.90 Å². The van der Waals surface area contributed by atoms with Crippen LogP contribution in [0.25, 0.3) is 0 Å². The number of pyridine rings is 1. The van der Waals surface area contributed by atoms with Crippen LogP contribution in [0.3, 0.4) is 0 Å². The molecule has 5 nitrogen and oxygen atoms in total. The second kappa shape index (κ2) is 8.95. The molecule has 1 aromatic heterocycles. The predicted octanol–water partition coefficient (Wildman–Crippen LogP) is 4.49. The summed E-state index contributed by atoms with van der Waals surface area (Å²) in [5, 5.41) is 14.1. The highest BCUT2D eigenvalue weighted by Gasteiger charge is 2.48. The van der Waals surface area contributed by atoms with Gasteiger partial charge in [0.25, 0.3) is 0 Å². The Morgan fingerprint density at radius 1 is 1.16 bits per heavy atom. The highest BCUT2D eigenvalue weighted by atomic mass is 16.3. The first-order valence-electron chi connectivity index (χ1n) is 11.9. The molecular formula is C27H37N3O2. The Kier molecular flexibility index (Phi) is 6.42. The maximum Gasteiger partial charge on any atom is 0.230 e. The van der Waals surface area contributed by atoms with Crippen molar-refractivity contribution in [1.29, 1.82) is 0 Å². The van der Waals surface area contributed by atoms with Crippen LogP contribution in [0, 0.1) is 17.3 Å². The fourth-order valence-corrected chi connectivity index (χ4v) is 5.39. The molecule has 5 heteroatoms. The lowest BCUT2D eigenvalue weighted by atomic mass is 9.91. The lowest BCUT2D eigenvalue weighted by Crippen LogP contribution is -2.33. The number of likely N-dealkylation sites (tertiary alicyclic amines) is 1. The molecule has 2 fully saturated rings. The zero-order chi connectivity index (χ0) is 22.9. The normalized spacial score (nSPS) is 26.7. The molecule has 2 aliphatic rings. The Balaban J connectivity index is 1.28. The number of hydrogen-bond donors (Lipinski definition) is 2. The molecule has 172 valence electrons. The molecule has 4 atom stereocenters. The molecule has 0 bridgehead atoms. The van der Waals surface area contributed by atoms with Gasteiger partial charge in [-0.15, -0.1) is 0 Å². The van der Waals surface area contributed by atoms with E-state index in [1.807, 2.05) is 39.1 Å². The van der Waals surface area contributed by atoms with Gasteiger partial charge in [-0.05, 0) is 47.8 Å². The van der Waals surface area contributed by atoms with E-state index in [1.54, 1.807) is 0 Å². The van der Waals surface area contributed by atoms with Crippen LogP contribution in [-0.4, -0.2) is 46.1 Å². The fraction of sp³-hybridized carbons (Fsp3) is 0.556. The van der Waals surface area contributed by atoms with E-state index in [2.05, 4.69) is 52.5 Å². The SMILES string of the molecule is CC(CN1CC2C[C@@](O)(Cc3ccccc3)C[C@@H]2C1)c1ccc(NC(=O)C(C)(C)C)nc1. The van der Waals surface area contributed by atoms with Crippen molar-refractivity contribution in [1.82, 2.24) is 9.88 Å². The summed E-state index contributed by atoms with van der Waals surface area (Å²) in [7, 11) is 0. The van der Waals surface area contributed by atoms with Gasteiger partial charge in [0.2, 0.25) is 5.91 Å². The third-order valence-electron chi connectivity index (χ3n) is 7.12. The third-order valence-corrected chi connectivity index (χ3v) is 7.12. The minimum absolute atomic E-state index is 0.0263. The number of benzene rings is 1. The number of nitrogens with zero attached hydrogens (tertiary/aromatic N) is 2. The second-order valence-corrected chi connectivity index (χ2v) is 11.1. The van der Waals surface area contributed by atoms with Crippen molar-refractivity contribution in [2.24, 2.45) is 17.3 Å². The summed E-state index contributed by atoms with van der Waals surface area (Å²) in [6, 6.07) is 14.3. The van der Waals surface area contributed by atoms with Crippen LogP contribution in [0.2, 0.25) is 0 Å². The van der Waals surface area contributed by atoms with Gasteiger partial charge >= 0.3 is 0 Å². The van der Waals surface area contributed by atoms with E-state index in [0.717, 1.165) is 38.9 Å². The molecule has 32 heavy (non-hydrogen) atoms. The van der Waals surface area contributed by atoms with Gasteiger partial charge in [0.15, 0.2) is 0 Å². The van der Waals surface area contributed by atoms with E-state index in [1.165, 1.54) is 11.1 Å². The van der Waals surface area contributed by atoms with Gasteiger partial charge in [-0.1, -0.05) is 64.1 Å². The van der Waals surface area contributed by atoms with Crippen molar-refractivity contribution in [2.45, 2.75) is 58.5 Å². The summed E-state index contributed by atoms with van der Waals surface area (Å²) < 4.78 is 0. The van der Waals surface area contributed by atoms with Crippen LogP contribution in [-0.2, 0) is 11.2 Å². The fourth-order valence-electron chi connectivity index (χ4n) is 5.39. The molecule has 1 aromatic carbocycles. The van der Waals surface area contributed by atoms with Gasteiger partial charge in [-0.25, -0.2) is 4.98 Å². The summed E-state index contributed by atoms with van der Waals surface area (Å²) in [6.07, 6.45) is 4.46. The Morgan fingerprint density at radius 2 is 1.81 bits per heavy atom. The summed E-state index contributed by atoms with van der Waals surface area (Å²) >= 11 is 0. The number of amides is 1. The van der Waals surface area contributed by atoms with Crippen LogP contribution in [0.1, 0.15) is 57.6 Å². The van der Waals surface area contributed by atoms with Gasteiger partial charge in [0.1, 0.15) is 5.82 Å². The molecule has 0 radical (unpaired) electrons.